The first kappa shape index (κ1) is 21.9. The van der Waals surface area contributed by atoms with Crippen molar-refractivity contribution in [3.8, 4) is 11.5 Å². The second-order valence-corrected chi connectivity index (χ2v) is 6.56. The average Bonchev–Trinajstić information content (AvgIpc) is 2.68. The van der Waals surface area contributed by atoms with E-state index < -0.39 is 18.5 Å². The maximum atomic E-state index is 11.9. The van der Waals surface area contributed by atoms with E-state index in [9.17, 15) is 9.59 Å². The van der Waals surface area contributed by atoms with Crippen LogP contribution in [0.15, 0.2) is 36.4 Å². The number of benzene rings is 2. The van der Waals surface area contributed by atoms with Crippen LogP contribution in [-0.4, -0.2) is 32.7 Å². The van der Waals surface area contributed by atoms with Crippen molar-refractivity contribution in [2.75, 3.05) is 26.1 Å². The van der Waals surface area contributed by atoms with Crippen LogP contribution < -0.4 is 14.8 Å². The lowest BCUT2D eigenvalue weighted by Crippen LogP contribution is -2.20. The summed E-state index contributed by atoms with van der Waals surface area (Å²) in [5.41, 5.74) is 0.905. The topological polar surface area (TPSA) is 73.9 Å². The molecule has 28 heavy (non-hydrogen) atoms. The number of carbonyl (C=O) groups is 2. The quantitative estimate of drug-likeness (QED) is 0.375. The predicted octanol–water partition coefficient (Wildman–Crippen LogP) is 4.86. The van der Waals surface area contributed by atoms with Crippen LogP contribution in [0.5, 0.6) is 11.5 Å². The fourth-order valence-corrected chi connectivity index (χ4v) is 2.70. The van der Waals surface area contributed by atoms with Gasteiger partial charge in [-0.15, -0.1) is 0 Å². The third kappa shape index (κ3) is 6.05. The van der Waals surface area contributed by atoms with Gasteiger partial charge in [-0.05, 0) is 30.3 Å². The lowest BCUT2D eigenvalue weighted by Gasteiger charge is -2.09. The van der Waals surface area contributed by atoms with Gasteiger partial charge in [0.05, 0.1) is 35.0 Å². The van der Waals surface area contributed by atoms with E-state index in [1.165, 1.54) is 38.5 Å². The van der Waals surface area contributed by atoms with Crippen molar-refractivity contribution in [3.63, 3.8) is 0 Å². The standard InChI is InChI=1S/C19H16Cl3NO5/c1-26-12-5-3-11(17(7-12)27-2)4-6-19(25)28-10-18(24)23-16-9-14(21)13(20)8-15(16)22/h3-9H,10H2,1-2H3,(H,23,24)/b6-4+. The molecule has 6 nitrogen and oxygen atoms in total. The van der Waals surface area contributed by atoms with Crippen LogP contribution in [0.1, 0.15) is 5.56 Å². The molecule has 0 spiro atoms. The number of amides is 1. The molecule has 0 saturated heterocycles. The number of esters is 1. The van der Waals surface area contributed by atoms with Crippen LogP contribution in [-0.2, 0) is 14.3 Å². The van der Waals surface area contributed by atoms with Gasteiger partial charge >= 0.3 is 5.97 Å². The summed E-state index contributed by atoms with van der Waals surface area (Å²) in [6.07, 6.45) is 2.69. The van der Waals surface area contributed by atoms with E-state index in [2.05, 4.69) is 5.32 Å². The Bertz CT molecular complexity index is 915. The van der Waals surface area contributed by atoms with Crippen molar-refractivity contribution in [1.29, 1.82) is 0 Å². The Labute approximate surface area is 176 Å². The Hall–Kier alpha value is -2.41. The summed E-state index contributed by atoms with van der Waals surface area (Å²) in [4.78, 5) is 23.8. The number of hydrogen-bond donors (Lipinski definition) is 1. The number of anilines is 1. The van der Waals surface area contributed by atoms with Crippen LogP contribution in [0.25, 0.3) is 6.08 Å². The molecule has 1 amide bonds. The van der Waals surface area contributed by atoms with Gasteiger partial charge in [-0.2, -0.15) is 0 Å². The Morgan fingerprint density at radius 1 is 1.00 bits per heavy atom. The van der Waals surface area contributed by atoms with Crippen molar-refractivity contribution in [1.82, 2.24) is 0 Å². The predicted molar refractivity (Wildman–Crippen MR) is 110 cm³/mol. The van der Waals surface area contributed by atoms with Crippen molar-refractivity contribution >= 4 is 58.4 Å². The number of nitrogens with one attached hydrogen (secondary N) is 1. The Morgan fingerprint density at radius 2 is 1.71 bits per heavy atom. The molecule has 0 radical (unpaired) electrons. The highest BCUT2D eigenvalue weighted by molar-refractivity contribution is 6.44. The van der Waals surface area contributed by atoms with Crippen LogP contribution in [0.3, 0.4) is 0 Å². The van der Waals surface area contributed by atoms with Gasteiger partial charge in [0.2, 0.25) is 0 Å². The SMILES string of the molecule is COc1ccc(/C=C/C(=O)OCC(=O)Nc2cc(Cl)c(Cl)cc2Cl)c(OC)c1. The first-order chi connectivity index (χ1) is 13.3. The molecule has 2 rings (SSSR count). The van der Waals surface area contributed by atoms with Gasteiger partial charge < -0.3 is 19.5 Å². The van der Waals surface area contributed by atoms with Gasteiger partial charge in [0.15, 0.2) is 6.61 Å². The molecule has 0 aliphatic rings. The zero-order valence-electron chi connectivity index (χ0n) is 14.9. The van der Waals surface area contributed by atoms with Crippen molar-refractivity contribution in [3.05, 3.63) is 57.0 Å². The maximum absolute atomic E-state index is 11.9. The number of halogens is 3. The summed E-state index contributed by atoms with van der Waals surface area (Å²) in [5.74, 6) is -0.137. The van der Waals surface area contributed by atoms with Crippen LogP contribution in [0.2, 0.25) is 15.1 Å². The minimum Gasteiger partial charge on any atom is -0.497 e. The molecule has 0 unspecified atom stereocenters. The summed E-state index contributed by atoms with van der Waals surface area (Å²) in [6, 6.07) is 7.93. The van der Waals surface area contributed by atoms with Gasteiger partial charge in [-0.1, -0.05) is 34.8 Å². The molecular formula is C19H16Cl3NO5. The summed E-state index contributed by atoms with van der Waals surface area (Å²) >= 11 is 17.7. The monoisotopic (exact) mass is 443 g/mol. The lowest BCUT2D eigenvalue weighted by atomic mass is 10.2. The van der Waals surface area contributed by atoms with Crippen LogP contribution in [0.4, 0.5) is 5.69 Å². The fraction of sp³-hybridized carbons (Fsp3) is 0.158. The zero-order chi connectivity index (χ0) is 20.7. The van der Waals surface area contributed by atoms with Gasteiger partial charge in [0.1, 0.15) is 11.5 Å². The van der Waals surface area contributed by atoms with Crippen LogP contribution in [0, 0.1) is 0 Å². The molecular weight excluding hydrogens is 429 g/mol. The molecule has 148 valence electrons. The van der Waals surface area contributed by atoms with Gasteiger partial charge in [0.25, 0.3) is 5.91 Å². The van der Waals surface area contributed by atoms with Gasteiger partial charge in [-0.25, -0.2) is 4.79 Å². The molecule has 2 aromatic rings. The Morgan fingerprint density at radius 3 is 2.39 bits per heavy atom. The van der Waals surface area contributed by atoms with Crippen molar-refractivity contribution in [2.45, 2.75) is 0 Å². The van der Waals surface area contributed by atoms with Crippen molar-refractivity contribution < 1.29 is 23.8 Å². The lowest BCUT2D eigenvalue weighted by molar-refractivity contribution is -0.142. The number of hydrogen-bond acceptors (Lipinski definition) is 5. The normalized spacial score (nSPS) is 10.6. The summed E-state index contributed by atoms with van der Waals surface area (Å²) in [6.45, 7) is -0.501. The van der Waals surface area contributed by atoms with E-state index in [0.717, 1.165) is 0 Å². The third-order valence-corrected chi connectivity index (χ3v) is 4.50. The number of rotatable bonds is 7. The average molecular weight is 445 g/mol. The fourth-order valence-electron chi connectivity index (χ4n) is 2.10. The van der Waals surface area contributed by atoms with E-state index in [1.54, 1.807) is 18.2 Å². The highest BCUT2D eigenvalue weighted by Gasteiger charge is 2.11. The Balaban J connectivity index is 1.93. The molecule has 0 heterocycles. The molecule has 0 atom stereocenters. The third-order valence-electron chi connectivity index (χ3n) is 3.47. The van der Waals surface area contributed by atoms with E-state index in [1.807, 2.05) is 0 Å². The first-order valence-corrected chi connectivity index (χ1v) is 8.98. The molecule has 2 aromatic carbocycles. The number of carbonyl (C=O) groups excluding carboxylic acids is 2. The molecule has 9 heteroatoms. The molecule has 0 fully saturated rings. The summed E-state index contributed by atoms with van der Waals surface area (Å²) in [7, 11) is 3.04. The molecule has 0 aliphatic carbocycles. The van der Waals surface area contributed by atoms with E-state index in [-0.39, 0.29) is 20.8 Å². The smallest absolute Gasteiger partial charge is 0.331 e. The maximum Gasteiger partial charge on any atom is 0.331 e. The molecule has 1 N–H and O–H groups in total. The molecule has 0 aliphatic heterocycles. The second-order valence-electron chi connectivity index (χ2n) is 5.34. The number of methoxy groups -OCH3 is 2. The van der Waals surface area contributed by atoms with Gasteiger partial charge in [-0.3, -0.25) is 4.79 Å². The van der Waals surface area contributed by atoms with Crippen LogP contribution >= 0.6 is 34.8 Å². The molecule has 0 aromatic heterocycles. The Kier molecular flexibility index (Phi) is 7.99. The molecule has 0 bridgehead atoms. The number of ether oxygens (including phenoxy) is 3. The van der Waals surface area contributed by atoms with E-state index in [0.29, 0.717) is 17.1 Å². The largest absolute Gasteiger partial charge is 0.497 e. The van der Waals surface area contributed by atoms with E-state index >= 15 is 0 Å². The minimum absolute atomic E-state index is 0.209. The zero-order valence-corrected chi connectivity index (χ0v) is 17.2. The second kappa shape index (κ2) is 10.2. The van der Waals surface area contributed by atoms with Crippen molar-refractivity contribution in [2.24, 2.45) is 0 Å². The minimum atomic E-state index is -0.701. The highest BCUT2D eigenvalue weighted by atomic mass is 35.5. The van der Waals surface area contributed by atoms with E-state index in [4.69, 9.17) is 49.0 Å². The summed E-state index contributed by atoms with van der Waals surface area (Å²) in [5, 5.41) is 3.19. The first-order valence-electron chi connectivity index (χ1n) is 7.85. The summed E-state index contributed by atoms with van der Waals surface area (Å²) < 4.78 is 15.2. The molecule has 0 saturated carbocycles. The van der Waals surface area contributed by atoms with Gasteiger partial charge in [0, 0.05) is 17.7 Å². The highest BCUT2D eigenvalue weighted by Crippen LogP contribution is 2.32.